The molecule has 2 heterocycles. The molecular weight excluding hydrogens is 509 g/mol. The fourth-order valence-electron chi connectivity index (χ4n) is 3.34. The van der Waals surface area contributed by atoms with Crippen LogP contribution in [0.15, 0.2) is 46.8 Å². The van der Waals surface area contributed by atoms with E-state index in [9.17, 15) is 4.79 Å². The van der Waals surface area contributed by atoms with Gasteiger partial charge in [-0.25, -0.2) is 0 Å². The van der Waals surface area contributed by atoms with Crippen LogP contribution >= 0.6 is 35.3 Å². The molecule has 164 valence electrons. The summed E-state index contributed by atoms with van der Waals surface area (Å²) in [5.74, 6) is 0.855. The number of guanidine groups is 1. The average molecular weight is 542 g/mol. The number of rotatable bonds is 4. The first kappa shape index (κ1) is 24.5. The number of benzene rings is 1. The van der Waals surface area contributed by atoms with Gasteiger partial charge in [0.25, 0.3) is 5.91 Å². The molecule has 0 aliphatic carbocycles. The van der Waals surface area contributed by atoms with Crippen molar-refractivity contribution in [3.63, 3.8) is 0 Å². The van der Waals surface area contributed by atoms with Crippen LogP contribution in [0.3, 0.4) is 0 Å². The Morgan fingerprint density at radius 3 is 2.47 bits per heavy atom. The molecule has 1 aromatic heterocycles. The first-order chi connectivity index (χ1) is 13.9. The number of hydrogen-bond acceptors (Lipinski definition) is 4. The summed E-state index contributed by atoms with van der Waals surface area (Å²) in [6, 6.07) is 12.0. The summed E-state index contributed by atoms with van der Waals surface area (Å²) in [5, 5.41) is 9.91. The summed E-state index contributed by atoms with van der Waals surface area (Å²) in [5.41, 5.74) is 1.49. The van der Waals surface area contributed by atoms with E-state index in [0.29, 0.717) is 12.1 Å². The van der Waals surface area contributed by atoms with Crippen LogP contribution in [0, 0.1) is 0 Å². The third-order valence-electron chi connectivity index (χ3n) is 4.74. The van der Waals surface area contributed by atoms with Crippen molar-refractivity contribution >= 4 is 52.2 Å². The molecule has 3 rings (SSSR count). The minimum absolute atomic E-state index is 0. The zero-order valence-corrected chi connectivity index (χ0v) is 21.3. The van der Waals surface area contributed by atoms with Crippen LogP contribution in [0.2, 0.25) is 0 Å². The molecule has 8 heteroatoms. The highest BCUT2D eigenvalue weighted by Crippen LogP contribution is 2.22. The Hall–Kier alpha value is -1.81. The predicted octanol–water partition coefficient (Wildman–Crippen LogP) is 3.79. The van der Waals surface area contributed by atoms with Gasteiger partial charge in [0.1, 0.15) is 0 Å². The van der Waals surface area contributed by atoms with Crippen molar-refractivity contribution in [2.75, 3.05) is 38.1 Å². The van der Waals surface area contributed by atoms with Crippen molar-refractivity contribution in [1.82, 2.24) is 15.5 Å². The SMILES string of the molecule is CN=C(NCc1cccc(C(=O)NC(C)(C)C)c1)N1CCN(c2cccs2)CC1.I. The number of carbonyl (C=O) groups excluding carboxylic acids is 1. The maximum atomic E-state index is 12.4. The second-order valence-corrected chi connectivity index (χ2v) is 9.16. The molecule has 1 fully saturated rings. The van der Waals surface area contributed by atoms with Crippen LogP contribution < -0.4 is 15.5 Å². The maximum absolute atomic E-state index is 12.4. The molecule has 0 radical (unpaired) electrons. The first-order valence-electron chi connectivity index (χ1n) is 10.0. The average Bonchev–Trinajstić information content (AvgIpc) is 3.23. The molecule has 0 saturated carbocycles. The van der Waals surface area contributed by atoms with Crippen molar-refractivity contribution in [2.24, 2.45) is 4.99 Å². The van der Waals surface area contributed by atoms with E-state index in [-0.39, 0.29) is 35.4 Å². The number of halogens is 1. The third-order valence-corrected chi connectivity index (χ3v) is 5.67. The molecule has 0 spiro atoms. The number of thiophene rings is 1. The van der Waals surface area contributed by atoms with Gasteiger partial charge in [0.15, 0.2) is 5.96 Å². The lowest BCUT2D eigenvalue weighted by Gasteiger charge is -2.37. The predicted molar refractivity (Wildman–Crippen MR) is 137 cm³/mol. The van der Waals surface area contributed by atoms with Gasteiger partial charge >= 0.3 is 0 Å². The van der Waals surface area contributed by atoms with E-state index in [1.807, 2.05) is 52.1 Å². The first-order valence-corrected chi connectivity index (χ1v) is 10.9. The molecular formula is C22H32IN5OS. The molecule has 2 aromatic rings. The van der Waals surface area contributed by atoms with Crippen LogP contribution in [0.25, 0.3) is 0 Å². The molecule has 1 amide bonds. The van der Waals surface area contributed by atoms with E-state index in [1.165, 1.54) is 5.00 Å². The van der Waals surface area contributed by atoms with E-state index in [2.05, 4.69) is 42.9 Å². The van der Waals surface area contributed by atoms with Gasteiger partial charge in [-0.15, -0.1) is 35.3 Å². The molecule has 2 N–H and O–H groups in total. The van der Waals surface area contributed by atoms with Gasteiger partial charge in [-0.2, -0.15) is 0 Å². The minimum atomic E-state index is -0.251. The van der Waals surface area contributed by atoms with Crippen LogP contribution in [0.5, 0.6) is 0 Å². The fraction of sp³-hybridized carbons (Fsp3) is 0.455. The Morgan fingerprint density at radius 2 is 1.87 bits per heavy atom. The van der Waals surface area contributed by atoms with E-state index >= 15 is 0 Å². The van der Waals surface area contributed by atoms with E-state index in [4.69, 9.17) is 0 Å². The van der Waals surface area contributed by atoms with Gasteiger partial charge in [0.2, 0.25) is 0 Å². The smallest absolute Gasteiger partial charge is 0.251 e. The lowest BCUT2D eigenvalue weighted by molar-refractivity contribution is 0.0919. The van der Waals surface area contributed by atoms with Crippen molar-refractivity contribution in [3.8, 4) is 0 Å². The van der Waals surface area contributed by atoms with Crippen molar-refractivity contribution in [1.29, 1.82) is 0 Å². The third kappa shape index (κ3) is 6.87. The van der Waals surface area contributed by atoms with Crippen molar-refractivity contribution in [2.45, 2.75) is 32.9 Å². The van der Waals surface area contributed by atoms with Gasteiger partial charge in [-0.1, -0.05) is 12.1 Å². The fourth-order valence-corrected chi connectivity index (χ4v) is 4.12. The van der Waals surface area contributed by atoms with Crippen LogP contribution in [0.1, 0.15) is 36.7 Å². The second kappa shape index (κ2) is 11.0. The van der Waals surface area contributed by atoms with Crippen LogP contribution in [0.4, 0.5) is 5.00 Å². The Morgan fingerprint density at radius 1 is 1.13 bits per heavy atom. The van der Waals surface area contributed by atoms with Crippen LogP contribution in [-0.2, 0) is 6.54 Å². The summed E-state index contributed by atoms with van der Waals surface area (Å²) in [7, 11) is 1.82. The van der Waals surface area contributed by atoms with Gasteiger partial charge < -0.3 is 20.4 Å². The zero-order chi connectivity index (χ0) is 20.9. The highest BCUT2D eigenvalue weighted by molar-refractivity contribution is 14.0. The molecule has 0 atom stereocenters. The number of amides is 1. The van der Waals surface area contributed by atoms with E-state index in [0.717, 1.165) is 37.7 Å². The van der Waals surface area contributed by atoms with E-state index < -0.39 is 0 Å². The molecule has 1 saturated heterocycles. The number of anilines is 1. The number of piperazine rings is 1. The molecule has 1 aliphatic heterocycles. The Kier molecular flexibility index (Phi) is 8.96. The van der Waals surface area contributed by atoms with E-state index in [1.54, 1.807) is 11.3 Å². The number of hydrogen-bond donors (Lipinski definition) is 2. The number of nitrogens with zero attached hydrogens (tertiary/aromatic N) is 3. The summed E-state index contributed by atoms with van der Waals surface area (Å²) in [6.07, 6.45) is 0. The molecule has 0 bridgehead atoms. The van der Waals surface area contributed by atoms with Gasteiger partial charge in [-0.3, -0.25) is 9.79 Å². The quantitative estimate of drug-likeness (QED) is 0.352. The maximum Gasteiger partial charge on any atom is 0.251 e. The molecule has 6 nitrogen and oxygen atoms in total. The molecule has 30 heavy (non-hydrogen) atoms. The zero-order valence-electron chi connectivity index (χ0n) is 18.1. The number of aliphatic imine (C=N–C) groups is 1. The summed E-state index contributed by atoms with van der Waals surface area (Å²) in [6.45, 7) is 10.4. The standard InChI is InChI=1S/C22H31N5OS.HI/c1-22(2,3)25-20(28)18-8-5-7-17(15-18)16-24-21(23-4)27-12-10-26(11-13-27)19-9-6-14-29-19;/h5-9,14-15H,10-13,16H2,1-4H3,(H,23,24)(H,25,28);1H. The van der Waals surface area contributed by atoms with Crippen LogP contribution in [-0.4, -0.2) is 55.5 Å². The van der Waals surface area contributed by atoms with Crippen molar-refractivity contribution in [3.05, 3.63) is 52.9 Å². The molecule has 1 aliphatic rings. The highest BCUT2D eigenvalue weighted by atomic mass is 127. The largest absolute Gasteiger partial charge is 0.360 e. The van der Waals surface area contributed by atoms with Gasteiger partial charge in [0.05, 0.1) is 5.00 Å². The summed E-state index contributed by atoms with van der Waals surface area (Å²) >= 11 is 1.79. The Labute approximate surface area is 200 Å². The summed E-state index contributed by atoms with van der Waals surface area (Å²) < 4.78 is 0. The molecule has 1 aromatic carbocycles. The lowest BCUT2D eigenvalue weighted by atomic mass is 10.1. The Bertz CT molecular complexity index is 839. The summed E-state index contributed by atoms with van der Waals surface area (Å²) in [4.78, 5) is 21.6. The number of carbonyl (C=O) groups is 1. The van der Waals surface area contributed by atoms with Crippen molar-refractivity contribution < 1.29 is 4.79 Å². The van der Waals surface area contributed by atoms with Gasteiger partial charge in [-0.05, 0) is 56.0 Å². The Balaban J connectivity index is 0.00000320. The monoisotopic (exact) mass is 541 g/mol. The normalized spacial score (nSPS) is 14.9. The highest BCUT2D eigenvalue weighted by Gasteiger charge is 2.20. The lowest BCUT2D eigenvalue weighted by Crippen LogP contribution is -2.52. The number of nitrogens with one attached hydrogen (secondary N) is 2. The topological polar surface area (TPSA) is 60.0 Å². The minimum Gasteiger partial charge on any atom is -0.360 e. The van der Waals surface area contributed by atoms with Gasteiger partial charge in [0, 0.05) is 50.9 Å². The second-order valence-electron chi connectivity index (χ2n) is 8.23. The molecule has 0 unspecified atom stereocenters.